The monoisotopic (exact) mass is 543 g/mol. The van der Waals surface area contributed by atoms with Crippen LogP contribution in [-0.2, 0) is 16.8 Å². The Kier molecular flexibility index (Phi) is 7.96. The summed E-state index contributed by atoms with van der Waals surface area (Å²) in [5.74, 6) is -0.0660. The van der Waals surface area contributed by atoms with Gasteiger partial charge in [0.05, 0.1) is 0 Å². The number of piperidine rings is 1. The fourth-order valence-corrected chi connectivity index (χ4v) is 6.46. The minimum Gasteiger partial charge on any atom is -0.334 e. The zero-order valence-electron chi connectivity index (χ0n) is 21.3. The molecule has 0 aromatic heterocycles. The summed E-state index contributed by atoms with van der Waals surface area (Å²) in [6.45, 7) is 7.95. The Bertz CT molecular complexity index is 1150. The summed E-state index contributed by atoms with van der Waals surface area (Å²) in [7, 11) is 0. The highest BCUT2D eigenvalue weighted by Crippen LogP contribution is 2.45. The van der Waals surface area contributed by atoms with Gasteiger partial charge in [-0.1, -0.05) is 48.3 Å². The zero-order valence-corrected chi connectivity index (χ0v) is 22.8. The van der Waals surface area contributed by atoms with Gasteiger partial charge in [-0.25, -0.2) is 4.79 Å². The van der Waals surface area contributed by atoms with E-state index in [0.29, 0.717) is 23.0 Å². The van der Waals surface area contributed by atoms with Crippen LogP contribution >= 0.6 is 23.2 Å². The van der Waals surface area contributed by atoms with Gasteiger partial charge < -0.3 is 15.5 Å². The predicted molar refractivity (Wildman–Crippen MR) is 148 cm³/mol. The second kappa shape index (κ2) is 11.2. The highest BCUT2D eigenvalue weighted by Gasteiger charge is 2.52. The zero-order chi connectivity index (χ0) is 26.0. The van der Waals surface area contributed by atoms with Gasteiger partial charge in [0.1, 0.15) is 5.54 Å². The summed E-state index contributed by atoms with van der Waals surface area (Å²) in [6, 6.07) is 13.3. The predicted octanol–water partition coefficient (Wildman–Crippen LogP) is 4.59. The van der Waals surface area contributed by atoms with E-state index in [1.54, 1.807) is 0 Å². The first kappa shape index (κ1) is 26.3. The van der Waals surface area contributed by atoms with Gasteiger partial charge in [0.2, 0.25) is 5.91 Å². The van der Waals surface area contributed by atoms with E-state index in [1.807, 2.05) is 47.4 Å². The molecule has 1 unspecified atom stereocenters. The number of anilines is 1. The van der Waals surface area contributed by atoms with E-state index in [0.717, 1.165) is 75.3 Å². The van der Waals surface area contributed by atoms with Gasteiger partial charge in [-0.05, 0) is 62.2 Å². The number of rotatable bonds is 6. The van der Waals surface area contributed by atoms with Crippen LogP contribution < -0.4 is 10.6 Å². The van der Waals surface area contributed by atoms with Gasteiger partial charge in [0, 0.05) is 66.5 Å². The van der Waals surface area contributed by atoms with Crippen molar-refractivity contribution in [3.8, 4) is 0 Å². The highest BCUT2D eigenvalue weighted by molar-refractivity contribution is 6.31. The van der Waals surface area contributed by atoms with Gasteiger partial charge in [0.25, 0.3) is 0 Å². The Morgan fingerprint density at radius 2 is 1.86 bits per heavy atom. The maximum absolute atomic E-state index is 13.8. The molecule has 0 bridgehead atoms. The van der Waals surface area contributed by atoms with Crippen LogP contribution in [0.2, 0.25) is 10.0 Å². The highest BCUT2D eigenvalue weighted by atomic mass is 35.5. The number of carbonyl (C=O) groups is 2. The van der Waals surface area contributed by atoms with Crippen molar-refractivity contribution in [3.05, 3.63) is 63.6 Å². The van der Waals surface area contributed by atoms with E-state index in [1.165, 1.54) is 0 Å². The third-order valence-electron chi connectivity index (χ3n) is 7.89. The third kappa shape index (κ3) is 5.46. The van der Waals surface area contributed by atoms with Crippen LogP contribution in [0, 0.1) is 0 Å². The largest absolute Gasteiger partial charge is 0.334 e. The SMILES string of the molecule is CCCN1CCN(C(=O)N[C@H]2CCCN(C3(Cc4cccc(Cl)c4)C(=O)Nc4cc(Cl)ccc43)C2)CC1. The Morgan fingerprint density at radius 3 is 2.62 bits per heavy atom. The van der Waals surface area contributed by atoms with Crippen LogP contribution in [0.1, 0.15) is 37.3 Å². The number of urea groups is 1. The van der Waals surface area contributed by atoms with Crippen LogP contribution in [0.4, 0.5) is 10.5 Å². The first-order valence-corrected chi connectivity index (χ1v) is 14.0. The first-order valence-electron chi connectivity index (χ1n) is 13.3. The van der Waals surface area contributed by atoms with Crippen molar-refractivity contribution < 1.29 is 9.59 Å². The van der Waals surface area contributed by atoms with Crippen LogP contribution in [0.25, 0.3) is 0 Å². The summed E-state index contributed by atoms with van der Waals surface area (Å²) in [5.41, 5.74) is 1.75. The molecule has 2 aromatic rings. The lowest BCUT2D eigenvalue weighted by Crippen LogP contribution is -2.61. The van der Waals surface area contributed by atoms with Crippen molar-refractivity contribution in [2.24, 2.45) is 0 Å². The van der Waals surface area contributed by atoms with Gasteiger partial charge in [-0.2, -0.15) is 0 Å². The number of benzene rings is 2. The fraction of sp³-hybridized carbons (Fsp3) is 0.500. The molecule has 0 spiro atoms. The van der Waals surface area contributed by atoms with Crippen LogP contribution in [0.15, 0.2) is 42.5 Å². The maximum Gasteiger partial charge on any atom is 0.317 e. The number of hydrogen-bond acceptors (Lipinski definition) is 4. The molecule has 3 amide bonds. The molecule has 0 saturated carbocycles. The molecular formula is C28H35Cl2N5O2. The third-order valence-corrected chi connectivity index (χ3v) is 8.36. The number of piperazine rings is 1. The van der Waals surface area contributed by atoms with E-state index < -0.39 is 5.54 Å². The Balaban J connectivity index is 1.37. The Labute approximate surface area is 229 Å². The van der Waals surface area contributed by atoms with Gasteiger partial charge >= 0.3 is 6.03 Å². The summed E-state index contributed by atoms with van der Waals surface area (Å²) in [4.78, 5) is 33.5. The molecule has 3 aliphatic heterocycles. The number of nitrogens with one attached hydrogen (secondary N) is 2. The van der Waals surface area contributed by atoms with Gasteiger partial charge in [-0.15, -0.1) is 0 Å². The molecule has 7 nitrogen and oxygen atoms in total. The van der Waals surface area contributed by atoms with Crippen LogP contribution in [0.3, 0.4) is 0 Å². The van der Waals surface area contributed by atoms with Crippen molar-refractivity contribution in [2.75, 3.05) is 51.1 Å². The molecule has 198 valence electrons. The summed E-state index contributed by atoms with van der Waals surface area (Å²) >= 11 is 12.6. The number of nitrogens with zero attached hydrogens (tertiary/aromatic N) is 3. The first-order chi connectivity index (χ1) is 17.9. The number of fused-ring (bicyclic) bond motifs is 1. The molecule has 2 N–H and O–H groups in total. The molecule has 9 heteroatoms. The van der Waals surface area contributed by atoms with E-state index >= 15 is 0 Å². The summed E-state index contributed by atoms with van der Waals surface area (Å²) in [6.07, 6.45) is 3.39. The average Bonchev–Trinajstić information content (AvgIpc) is 3.15. The van der Waals surface area contributed by atoms with E-state index in [2.05, 4.69) is 27.4 Å². The molecule has 0 radical (unpaired) electrons. The minimum absolute atomic E-state index is 0.00468. The second-order valence-electron chi connectivity index (χ2n) is 10.4. The lowest BCUT2D eigenvalue weighted by Gasteiger charge is -2.45. The minimum atomic E-state index is -0.903. The topological polar surface area (TPSA) is 67.9 Å². The van der Waals surface area contributed by atoms with Crippen molar-refractivity contribution in [3.63, 3.8) is 0 Å². The van der Waals surface area contributed by atoms with E-state index in [9.17, 15) is 9.59 Å². The van der Waals surface area contributed by atoms with Gasteiger partial charge in [-0.3, -0.25) is 14.6 Å². The average molecular weight is 545 g/mol. The molecule has 2 atom stereocenters. The molecule has 2 fully saturated rings. The molecule has 2 saturated heterocycles. The van der Waals surface area contributed by atoms with Gasteiger partial charge in [0.15, 0.2) is 0 Å². The molecule has 37 heavy (non-hydrogen) atoms. The van der Waals surface area contributed by atoms with Crippen molar-refractivity contribution in [1.82, 2.24) is 20.0 Å². The number of amides is 3. The lowest BCUT2D eigenvalue weighted by atomic mass is 9.81. The van der Waals surface area contributed by atoms with Crippen LogP contribution in [-0.4, -0.2) is 78.5 Å². The number of hydrogen-bond donors (Lipinski definition) is 2. The fourth-order valence-electron chi connectivity index (χ4n) is 6.07. The smallest absolute Gasteiger partial charge is 0.317 e. The molecule has 0 aliphatic carbocycles. The lowest BCUT2D eigenvalue weighted by molar-refractivity contribution is -0.129. The Morgan fingerprint density at radius 1 is 1.08 bits per heavy atom. The summed E-state index contributed by atoms with van der Waals surface area (Å²) < 4.78 is 0. The molecular weight excluding hydrogens is 509 g/mol. The second-order valence-corrected chi connectivity index (χ2v) is 11.2. The van der Waals surface area contributed by atoms with Crippen molar-refractivity contribution >= 4 is 40.8 Å². The number of halogens is 2. The number of likely N-dealkylation sites (tertiary alicyclic amines) is 1. The molecule has 5 rings (SSSR count). The number of carbonyl (C=O) groups excluding carboxylic acids is 2. The Hall–Kier alpha value is -2.32. The molecule has 3 heterocycles. The normalized spacial score (nSPS) is 24.6. The van der Waals surface area contributed by atoms with Crippen molar-refractivity contribution in [2.45, 2.75) is 44.2 Å². The standard InChI is InChI=1S/C28H35Cl2N5O2/c1-2-10-33-12-14-34(15-13-33)27(37)31-23-7-4-11-35(19-23)28(18-20-5-3-6-21(29)16-20)24-9-8-22(30)17-25(24)32-26(28)36/h3,5-6,8-9,16-17,23H,2,4,7,10-15,18-19H2,1H3,(H,31,37)(H,32,36)/t23-,28?/m0/s1. The van der Waals surface area contributed by atoms with Crippen molar-refractivity contribution in [1.29, 1.82) is 0 Å². The summed E-state index contributed by atoms with van der Waals surface area (Å²) in [5, 5.41) is 7.59. The van der Waals surface area contributed by atoms with E-state index in [4.69, 9.17) is 23.2 Å². The maximum atomic E-state index is 13.8. The quantitative estimate of drug-likeness (QED) is 0.559. The van der Waals surface area contributed by atoms with E-state index in [-0.39, 0.29) is 18.0 Å². The van der Waals surface area contributed by atoms with Crippen LogP contribution in [0.5, 0.6) is 0 Å². The molecule has 3 aliphatic rings. The molecule has 2 aromatic carbocycles.